The van der Waals surface area contributed by atoms with E-state index in [9.17, 15) is 14.4 Å². The Labute approximate surface area is 123 Å². The summed E-state index contributed by atoms with van der Waals surface area (Å²) < 4.78 is 4.48. The molecule has 0 spiro atoms. The van der Waals surface area contributed by atoms with Crippen LogP contribution in [0.15, 0.2) is 18.2 Å². The summed E-state index contributed by atoms with van der Waals surface area (Å²) in [6, 6.07) is 4.66. The topological polar surface area (TPSA) is 98.5 Å². The van der Waals surface area contributed by atoms with Gasteiger partial charge in [-0.3, -0.25) is 14.4 Å². The molecule has 0 fully saturated rings. The lowest BCUT2D eigenvalue weighted by molar-refractivity contribution is -0.140. The molecule has 0 aliphatic heterocycles. The van der Waals surface area contributed by atoms with Crippen molar-refractivity contribution in [3.05, 3.63) is 23.8 Å². The number of amides is 1. The first-order valence-electron chi connectivity index (χ1n) is 6.65. The number of hydrogen-bond donors (Lipinski definition) is 2. The zero-order valence-corrected chi connectivity index (χ0v) is 12.4. The fourth-order valence-electron chi connectivity index (χ4n) is 1.59. The molecule has 0 aliphatic rings. The molecule has 0 bridgehead atoms. The van der Waals surface area contributed by atoms with Gasteiger partial charge in [-0.15, -0.1) is 0 Å². The summed E-state index contributed by atoms with van der Waals surface area (Å²) in [7, 11) is 1.27. The van der Waals surface area contributed by atoms with E-state index in [1.807, 2.05) is 0 Å². The summed E-state index contributed by atoms with van der Waals surface area (Å²) in [4.78, 5) is 34.5. The van der Waals surface area contributed by atoms with E-state index in [1.54, 1.807) is 26.0 Å². The average molecular weight is 292 g/mol. The van der Waals surface area contributed by atoms with Crippen LogP contribution in [-0.4, -0.2) is 24.8 Å². The second-order valence-electron chi connectivity index (χ2n) is 4.95. The van der Waals surface area contributed by atoms with Crippen molar-refractivity contribution in [1.82, 2.24) is 0 Å². The molecule has 1 aromatic rings. The van der Waals surface area contributed by atoms with Crippen LogP contribution in [-0.2, 0) is 14.3 Å². The number of benzene rings is 1. The van der Waals surface area contributed by atoms with Crippen molar-refractivity contribution < 1.29 is 19.1 Å². The van der Waals surface area contributed by atoms with Gasteiger partial charge in [0.1, 0.15) is 0 Å². The van der Waals surface area contributed by atoms with E-state index < -0.39 is 5.97 Å². The normalized spacial score (nSPS) is 10.3. The number of hydrogen-bond acceptors (Lipinski definition) is 5. The number of Topliss-reactive ketones (excluding diaryl/α,β-unsaturated/α-hetero) is 1. The molecule has 1 rings (SSSR count). The van der Waals surface area contributed by atoms with Crippen molar-refractivity contribution in [2.24, 2.45) is 5.92 Å². The van der Waals surface area contributed by atoms with Crippen LogP contribution < -0.4 is 11.1 Å². The molecule has 6 heteroatoms. The number of nitrogens with two attached hydrogens (primary N) is 1. The molecule has 114 valence electrons. The highest BCUT2D eigenvalue weighted by atomic mass is 16.5. The molecule has 0 unspecified atom stereocenters. The minimum absolute atomic E-state index is 0.0288. The average Bonchev–Trinajstić information content (AvgIpc) is 2.46. The number of methoxy groups -OCH3 is 1. The highest BCUT2D eigenvalue weighted by Crippen LogP contribution is 2.21. The fourth-order valence-corrected chi connectivity index (χ4v) is 1.59. The summed E-state index contributed by atoms with van der Waals surface area (Å²) in [6.45, 7) is 3.55. The molecule has 0 saturated heterocycles. The van der Waals surface area contributed by atoms with Crippen molar-refractivity contribution in [1.29, 1.82) is 0 Å². The molecule has 21 heavy (non-hydrogen) atoms. The smallest absolute Gasteiger partial charge is 0.305 e. The number of ether oxygens (including phenoxy) is 1. The van der Waals surface area contributed by atoms with Crippen LogP contribution in [0.1, 0.15) is 37.0 Å². The lowest BCUT2D eigenvalue weighted by atomic mass is 10.0. The Kier molecular flexibility index (Phi) is 5.90. The van der Waals surface area contributed by atoms with Crippen LogP contribution in [0.2, 0.25) is 0 Å². The first-order valence-corrected chi connectivity index (χ1v) is 6.65. The summed E-state index contributed by atoms with van der Waals surface area (Å²) in [5.74, 6) is -0.941. The number of anilines is 2. The van der Waals surface area contributed by atoms with Crippen molar-refractivity contribution in [3.8, 4) is 0 Å². The predicted molar refractivity (Wildman–Crippen MR) is 79.9 cm³/mol. The number of esters is 1. The summed E-state index contributed by atoms with van der Waals surface area (Å²) >= 11 is 0. The number of ketones is 1. The number of nitrogen functional groups attached to an aromatic ring is 1. The van der Waals surface area contributed by atoms with Gasteiger partial charge in [0.25, 0.3) is 0 Å². The Morgan fingerprint density at radius 3 is 2.43 bits per heavy atom. The maximum Gasteiger partial charge on any atom is 0.305 e. The Hall–Kier alpha value is -2.37. The molecule has 1 amide bonds. The highest BCUT2D eigenvalue weighted by Gasteiger charge is 2.13. The third kappa shape index (κ3) is 4.91. The molecule has 0 heterocycles. The predicted octanol–water partition coefficient (Wildman–Crippen LogP) is 2.00. The maximum atomic E-state index is 11.9. The van der Waals surface area contributed by atoms with Gasteiger partial charge < -0.3 is 15.8 Å². The van der Waals surface area contributed by atoms with Crippen LogP contribution in [0, 0.1) is 5.92 Å². The van der Waals surface area contributed by atoms with E-state index in [2.05, 4.69) is 10.1 Å². The van der Waals surface area contributed by atoms with Crippen LogP contribution in [0.5, 0.6) is 0 Å². The van der Waals surface area contributed by atoms with Crippen LogP contribution >= 0.6 is 0 Å². The van der Waals surface area contributed by atoms with Gasteiger partial charge in [-0.1, -0.05) is 13.8 Å². The Morgan fingerprint density at radius 2 is 1.90 bits per heavy atom. The SMILES string of the molecule is COC(=O)CCC(=O)c1ccc(NC(=O)C(C)C)c(N)c1. The molecule has 0 radical (unpaired) electrons. The standard InChI is InChI=1S/C15H20N2O4/c1-9(2)15(20)17-12-5-4-10(8-11(12)16)13(18)6-7-14(19)21-3/h4-5,8-9H,6-7,16H2,1-3H3,(H,17,20). The maximum absolute atomic E-state index is 11.9. The summed E-state index contributed by atoms with van der Waals surface area (Å²) in [5.41, 5.74) is 7.02. The van der Waals surface area contributed by atoms with Crippen LogP contribution in [0.4, 0.5) is 11.4 Å². The molecule has 1 aromatic carbocycles. The second kappa shape index (κ2) is 7.42. The number of nitrogens with one attached hydrogen (secondary N) is 1. The first kappa shape index (κ1) is 16.7. The molecule has 6 nitrogen and oxygen atoms in total. The lowest BCUT2D eigenvalue weighted by Crippen LogP contribution is -2.18. The van der Waals surface area contributed by atoms with Gasteiger partial charge in [0.05, 0.1) is 24.9 Å². The zero-order chi connectivity index (χ0) is 16.0. The third-order valence-corrected chi connectivity index (χ3v) is 2.94. The Bertz CT molecular complexity index is 553. The minimum atomic E-state index is -0.433. The van der Waals surface area contributed by atoms with Crippen LogP contribution in [0.25, 0.3) is 0 Å². The van der Waals surface area contributed by atoms with E-state index in [1.165, 1.54) is 13.2 Å². The molecule has 0 aliphatic carbocycles. The van der Waals surface area contributed by atoms with Gasteiger partial charge in [0.15, 0.2) is 5.78 Å². The van der Waals surface area contributed by atoms with Gasteiger partial charge in [-0.25, -0.2) is 0 Å². The molecule has 3 N–H and O–H groups in total. The third-order valence-electron chi connectivity index (χ3n) is 2.94. The van der Waals surface area contributed by atoms with E-state index >= 15 is 0 Å². The van der Waals surface area contributed by atoms with Gasteiger partial charge in [-0.2, -0.15) is 0 Å². The summed E-state index contributed by atoms with van der Waals surface area (Å²) in [5, 5.41) is 2.69. The quantitative estimate of drug-likeness (QED) is 0.474. The largest absolute Gasteiger partial charge is 0.469 e. The molecule has 0 atom stereocenters. The minimum Gasteiger partial charge on any atom is -0.469 e. The molecule has 0 saturated carbocycles. The molecule has 0 aromatic heterocycles. The number of rotatable bonds is 6. The van der Waals surface area contributed by atoms with Crippen molar-refractivity contribution >= 4 is 29.0 Å². The van der Waals surface area contributed by atoms with Gasteiger partial charge in [0.2, 0.25) is 5.91 Å². The van der Waals surface area contributed by atoms with Crippen molar-refractivity contribution in [3.63, 3.8) is 0 Å². The fraction of sp³-hybridized carbons (Fsp3) is 0.400. The van der Waals surface area contributed by atoms with E-state index in [-0.39, 0.29) is 30.4 Å². The van der Waals surface area contributed by atoms with E-state index in [0.717, 1.165) is 0 Å². The highest BCUT2D eigenvalue weighted by molar-refractivity contribution is 6.01. The van der Waals surface area contributed by atoms with Crippen molar-refractivity contribution in [2.75, 3.05) is 18.2 Å². The van der Waals surface area contributed by atoms with Gasteiger partial charge >= 0.3 is 5.97 Å². The first-order chi connectivity index (χ1) is 9.85. The molecular weight excluding hydrogens is 272 g/mol. The van der Waals surface area contributed by atoms with E-state index in [4.69, 9.17) is 5.73 Å². The van der Waals surface area contributed by atoms with Gasteiger partial charge in [-0.05, 0) is 18.2 Å². The number of carbonyl (C=O) groups is 3. The monoisotopic (exact) mass is 292 g/mol. The second-order valence-corrected chi connectivity index (χ2v) is 4.95. The zero-order valence-electron chi connectivity index (χ0n) is 12.4. The van der Waals surface area contributed by atoms with Crippen molar-refractivity contribution in [2.45, 2.75) is 26.7 Å². The summed E-state index contributed by atoms with van der Waals surface area (Å²) in [6.07, 6.45) is 0.0882. The number of carbonyl (C=O) groups excluding carboxylic acids is 3. The Morgan fingerprint density at radius 1 is 1.24 bits per heavy atom. The molecular formula is C15H20N2O4. The Balaban J connectivity index is 2.75. The van der Waals surface area contributed by atoms with Crippen LogP contribution in [0.3, 0.4) is 0 Å². The lowest BCUT2D eigenvalue weighted by Gasteiger charge is -2.11. The van der Waals surface area contributed by atoms with Gasteiger partial charge in [0, 0.05) is 17.9 Å². The van der Waals surface area contributed by atoms with E-state index in [0.29, 0.717) is 16.9 Å².